The van der Waals surface area contributed by atoms with E-state index in [-0.39, 0.29) is 30.2 Å². The standard InChI is InChI=1S/C25H27N3O3/c29-23-22-16-27(24(30)18-9-5-2-6-10-18)13-14-28(22)25(31)20-15-19(11-12-21(20)26-23)17-7-3-1-4-8-17/h1,3-4,7-8,11-12,15,18,22H,2,5-6,9-10,13-14,16H2,(H,26,29)/t22-/m1/s1. The molecule has 0 unspecified atom stereocenters. The van der Waals surface area contributed by atoms with Gasteiger partial charge in [0.15, 0.2) is 0 Å². The zero-order valence-corrected chi connectivity index (χ0v) is 17.5. The molecule has 160 valence electrons. The molecular formula is C25H27N3O3. The Kier molecular flexibility index (Phi) is 5.22. The molecule has 1 saturated carbocycles. The van der Waals surface area contributed by atoms with Gasteiger partial charge in [0.1, 0.15) is 6.04 Å². The largest absolute Gasteiger partial charge is 0.338 e. The molecule has 1 saturated heterocycles. The fourth-order valence-electron chi connectivity index (χ4n) is 5.07. The van der Waals surface area contributed by atoms with E-state index in [2.05, 4.69) is 5.32 Å². The van der Waals surface area contributed by atoms with E-state index in [1.165, 1.54) is 6.42 Å². The van der Waals surface area contributed by atoms with E-state index < -0.39 is 6.04 Å². The van der Waals surface area contributed by atoms with E-state index in [4.69, 9.17) is 0 Å². The molecule has 2 aromatic carbocycles. The van der Waals surface area contributed by atoms with Gasteiger partial charge in [-0.1, -0.05) is 55.7 Å². The van der Waals surface area contributed by atoms with Crippen molar-refractivity contribution in [3.63, 3.8) is 0 Å². The number of amides is 3. The number of anilines is 1. The summed E-state index contributed by atoms with van der Waals surface area (Å²) < 4.78 is 0. The Bertz CT molecular complexity index is 1010. The summed E-state index contributed by atoms with van der Waals surface area (Å²) in [5.74, 6) is -0.162. The lowest BCUT2D eigenvalue weighted by Gasteiger charge is -2.40. The zero-order chi connectivity index (χ0) is 21.4. The van der Waals surface area contributed by atoms with E-state index in [9.17, 15) is 14.4 Å². The van der Waals surface area contributed by atoms with E-state index in [1.54, 1.807) is 15.9 Å². The summed E-state index contributed by atoms with van der Waals surface area (Å²) >= 11 is 0. The molecule has 0 bridgehead atoms. The lowest BCUT2D eigenvalue weighted by Crippen LogP contribution is -2.60. The second-order valence-electron chi connectivity index (χ2n) is 8.75. The van der Waals surface area contributed by atoms with Gasteiger partial charge in [-0.2, -0.15) is 0 Å². The number of fused-ring (bicyclic) bond motifs is 2. The summed E-state index contributed by atoms with van der Waals surface area (Å²) in [6.45, 7) is 1.13. The van der Waals surface area contributed by atoms with Crippen molar-refractivity contribution < 1.29 is 14.4 Å². The highest BCUT2D eigenvalue weighted by Gasteiger charge is 2.41. The number of rotatable bonds is 2. The molecule has 0 spiro atoms. The van der Waals surface area contributed by atoms with Gasteiger partial charge in [0, 0.05) is 19.0 Å². The number of nitrogens with one attached hydrogen (secondary N) is 1. The van der Waals surface area contributed by atoms with Crippen LogP contribution in [0.5, 0.6) is 0 Å². The maximum Gasteiger partial charge on any atom is 0.256 e. The molecule has 1 aliphatic carbocycles. The van der Waals surface area contributed by atoms with Gasteiger partial charge in [-0.05, 0) is 36.1 Å². The van der Waals surface area contributed by atoms with Crippen molar-refractivity contribution in [3.05, 3.63) is 54.1 Å². The first-order valence-corrected chi connectivity index (χ1v) is 11.2. The maximum absolute atomic E-state index is 13.4. The minimum absolute atomic E-state index is 0.0652. The van der Waals surface area contributed by atoms with Crippen molar-refractivity contribution in [3.8, 4) is 11.1 Å². The van der Waals surface area contributed by atoms with Crippen molar-refractivity contribution in [1.82, 2.24) is 9.80 Å². The summed E-state index contributed by atoms with van der Waals surface area (Å²) in [4.78, 5) is 42.9. The highest BCUT2D eigenvalue weighted by molar-refractivity contribution is 6.10. The first-order valence-electron chi connectivity index (χ1n) is 11.2. The number of hydrogen-bond donors (Lipinski definition) is 1. The van der Waals surface area contributed by atoms with Crippen LogP contribution in [0.25, 0.3) is 11.1 Å². The Labute approximate surface area is 182 Å². The number of nitrogens with zero attached hydrogens (tertiary/aromatic N) is 2. The minimum Gasteiger partial charge on any atom is -0.338 e. The van der Waals surface area contributed by atoms with Crippen molar-refractivity contribution in [2.75, 3.05) is 25.0 Å². The smallest absolute Gasteiger partial charge is 0.256 e. The SMILES string of the molecule is O=C1Nc2ccc(-c3ccccc3)cc2C(=O)N2CCN(C(=O)C3CCCCC3)C[C@H]12. The molecule has 1 atom stereocenters. The van der Waals surface area contributed by atoms with E-state index in [0.717, 1.165) is 36.8 Å². The van der Waals surface area contributed by atoms with Gasteiger partial charge in [0.2, 0.25) is 11.8 Å². The van der Waals surface area contributed by atoms with Crippen molar-refractivity contribution in [1.29, 1.82) is 0 Å². The quantitative estimate of drug-likeness (QED) is 0.813. The van der Waals surface area contributed by atoms with Crippen LogP contribution in [-0.4, -0.2) is 53.2 Å². The molecule has 0 radical (unpaired) electrons. The van der Waals surface area contributed by atoms with Crippen LogP contribution in [0.1, 0.15) is 42.5 Å². The third-order valence-electron chi connectivity index (χ3n) is 6.82. The molecule has 31 heavy (non-hydrogen) atoms. The predicted octanol–water partition coefficient (Wildman–Crippen LogP) is 3.54. The summed E-state index contributed by atoms with van der Waals surface area (Å²) in [7, 11) is 0. The molecule has 2 fully saturated rings. The first kappa shape index (κ1) is 19.8. The van der Waals surface area contributed by atoms with Gasteiger partial charge in [-0.25, -0.2) is 0 Å². The van der Waals surface area contributed by atoms with Crippen LogP contribution >= 0.6 is 0 Å². The molecule has 2 heterocycles. The first-order chi connectivity index (χ1) is 15.1. The summed E-state index contributed by atoms with van der Waals surface area (Å²) in [5.41, 5.74) is 3.00. The molecule has 2 aliphatic heterocycles. The highest BCUT2D eigenvalue weighted by atomic mass is 16.2. The van der Waals surface area contributed by atoms with Crippen LogP contribution in [0.2, 0.25) is 0 Å². The number of carbonyl (C=O) groups is 3. The van der Waals surface area contributed by atoms with Gasteiger partial charge in [0.05, 0.1) is 17.8 Å². The average molecular weight is 418 g/mol. The Morgan fingerprint density at radius 3 is 2.45 bits per heavy atom. The fraction of sp³-hybridized carbons (Fsp3) is 0.400. The third-order valence-corrected chi connectivity index (χ3v) is 6.82. The zero-order valence-electron chi connectivity index (χ0n) is 17.5. The lowest BCUT2D eigenvalue weighted by molar-refractivity contribution is -0.140. The predicted molar refractivity (Wildman–Crippen MR) is 118 cm³/mol. The molecule has 3 amide bonds. The Balaban J connectivity index is 1.39. The Morgan fingerprint density at radius 1 is 0.903 bits per heavy atom. The number of hydrogen-bond acceptors (Lipinski definition) is 3. The van der Waals surface area contributed by atoms with Crippen LogP contribution in [-0.2, 0) is 9.59 Å². The van der Waals surface area contributed by atoms with Crippen LogP contribution in [0.3, 0.4) is 0 Å². The molecule has 1 N–H and O–H groups in total. The number of piperazine rings is 1. The molecule has 2 aromatic rings. The number of benzene rings is 2. The van der Waals surface area contributed by atoms with Crippen LogP contribution in [0.15, 0.2) is 48.5 Å². The molecule has 5 rings (SSSR count). The van der Waals surface area contributed by atoms with Crippen molar-refractivity contribution in [2.24, 2.45) is 5.92 Å². The molecule has 6 nitrogen and oxygen atoms in total. The second kappa shape index (κ2) is 8.17. The molecule has 6 heteroatoms. The summed E-state index contributed by atoms with van der Waals surface area (Å²) in [6.07, 6.45) is 5.25. The van der Waals surface area contributed by atoms with Gasteiger partial charge in [-0.3, -0.25) is 14.4 Å². The fourth-order valence-corrected chi connectivity index (χ4v) is 5.07. The highest BCUT2D eigenvalue weighted by Crippen LogP contribution is 2.31. The van der Waals surface area contributed by atoms with E-state index in [1.807, 2.05) is 42.5 Å². The normalized spacial score (nSPS) is 21.7. The average Bonchev–Trinajstić information content (AvgIpc) is 2.93. The Morgan fingerprint density at radius 2 is 1.68 bits per heavy atom. The van der Waals surface area contributed by atoms with E-state index in [0.29, 0.717) is 24.3 Å². The monoisotopic (exact) mass is 417 g/mol. The molecule has 3 aliphatic rings. The molecular weight excluding hydrogens is 390 g/mol. The lowest BCUT2D eigenvalue weighted by atomic mass is 9.88. The Hall–Kier alpha value is -3.15. The van der Waals surface area contributed by atoms with Crippen molar-refractivity contribution >= 4 is 23.4 Å². The van der Waals surface area contributed by atoms with Crippen LogP contribution in [0, 0.1) is 5.92 Å². The van der Waals surface area contributed by atoms with Gasteiger partial charge >= 0.3 is 0 Å². The summed E-state index contributed by atoms with van der Waals surface area (Å²) in [5, 5.41) is 2.93. The van der Waals surface area contributed by atoms with Crippen LogP contribution < -0.4 is 5.32 Å². The maximum atomic E-state index is 13.4. The van der Waals surface area contributed by atoms with Gasteiger partial charge in [-0.15, -0.1) is 0 Å². The van der Waals surface area contributed by atoms with Gasteiger partial charge in [0.25, 0.3) is 5.91 Å². The summed E-state index contributed by atoms with van der Waals surface area (Å²) in [6, 6.07) is 14.8. The van der Waals surface area contributed by atoms with Crippen molar-refractivity contribution in [2.45, 2.75) is 38.1 Å². The number of carbonyl (C=O) groups excluding carboxylic acids is 3. The minimum atomic E-state index is -0.652. The molecule has 0 aromatic heterocycles. The third kappa shape index (κ3) is 3.71. The van der Waals surface area contributed by atoms with E-state index >= 15 is 0 Å². The topological polar surface area (TPSA) is 69.7 Å². The van der Waals surface area contributed by atoms with Gasteiger partial charge < -0.3 is 15.1 Å². The second-order valence-corrected chi connectivity index (χ2v) is 8.75. The van der Waals surface area contributed by atoms with Crippen LogP contribution in [0.4, 0.5) is 5.69 Å².